The lowest BCUT2D eigenvalue weighted by molar-refractivity contribution is 0.391. The van der Waals surface area contributed by atoms with Crippen LogP contribution in [0.25, 0.3) is 0 Å². The van der Waals surface area contributed by atoms with E-state index >= 15 is 0 Å². The molecule has 0 radical (unpaired) electrons. The average molecular weight is 221 g/mol. The highest BCUT2D eigenvalue weighted by Gasteiger charge is 2.21. The molecule has 0 aliphatic rings. The molecule has 16 heavy (non-hydrogen) atoms. The first-order valence-corrected chi connectivity index (χ1v) is 5.72. The fraction of sp³-hybridized carbons (Fsp3) is 0.571. The number of rotatable bonds is 3. The van der Waals surface area contributed by atoms with Crippen LogP contribution < -0.4 is 10.1 Å². The maximum Gasteiger partial charge on any atom is 0.127 e. The van der Waals surface area contributed by atoms with Crippen LogP contribution in [0, 0.1) is 6.92 Å². The molecule has 1 aromatic carbocycles. The zero-order valence-corrected chi connectivity index (χ0v) is 11.3. The Bertz CT molecular complexity index is 364. The maximum absolute atomic E-state index is 5.57. The van der Waals surface area contributed by atoms with E-state index in [1.165, 1.54) is 16.7 Å². The third-order valence-electron chi connectivity index (χ3n) is 2.69. The molecule has 0 amide bonds. The van der Waals surface area contributed by atoms with Gasteiger partial charge in [0, 0.05) is 17.7 Å². The summed E-state index contributed by atoms with van der Waals surface area (Å²) in [6, 6.07) is 4.41. The van der Waals surface area contributed by atoms with Crippen molar-refractivity contribution < 1.29 is 4.74 Å². The summed E-state index contributed by atoms with van der Waals surface area (Å²) in [6.45, 7) is 9.62. The van der Waals surface area contributed by atoms with E-state index in [2.05, 4.69) is 45.1 Å². The Labute approximate surface area is 99.0 Å². The van der Waals surface area contributed by atoms with E-state index in [1.54, 1.807) is 7.11 Å². The van der Waals surface area contributed by atoms with Gasteiger partial charge in [0.15, 0.2) is 0 Å². The number of benzene rings is 1. The second kappa shape index (κ2) is 4.88. The van der Waals surface area contributed by atoms with Gasteiger partial charge in [0.05, 0.1) is 7.11 Å². The van der Waals surface area contributed by atoms with Crippen molar-refractivity contribution in [2.45, 2.75) is 39.7 Å². The normalized spacial score (nSPS) is 11.6. The molecule has 0 saturated carbocycles. The molecule has 1 aromatic rings. The molecule has 0 aromatic heterocycles. The van der Waals surface area contributed by atoms with Crippen LogP contribution in [0.3, 0.4) is 0 Å². The smallest absolute Gasteiger partial charge is 0.127 e. The Morgan fingerprint density at radius 1 is 1.25 bits per heavy atom. The number of nitrogens with one attached hydrogen (secondary N) is 1. The summed E-state index contributed by atoms with van der Waals surface area (Å²) in [5.74, 6) is 1.02. The van der Waals surface area contributed by atoms with Gasteiger partial charge in [-0.15, -0.1) is 0 Å². The van der Waals surface area contributed by atoms with Crippen LogP contribution in [-0.2, 0) is 12.0 Å². The molecule has 1 N–H and O–H groups in total. The van der Waals surface area contributed by atoms with Gasteiger partial charge in [-0.1, -0.05) is 38.5 Å². The Morgan fingerprint density at radius 2 is 1.88 bits per heavy atom. The lowest BCUT2D eigenvalue weighted by Gasteiger charge is -2.24. The van der Waals surface area contributed by atoms with Gasteiger partial charge in [-0.2, -0.15) is 0 Å². The van der Waals surface area contributed by atoms with Gasteiger partial charge < -0.3 is 10.1 Å². The number of methoxy groups -OCH3 is 1. The molecule has 0 fully saturated rings. The minimum absolute atomic E-state index is 0.111. The molecule has 2 nitrogen and oxygen atoms in total. The van der Waals surface area contributed by atoms with Crippen LogP contribution >= 0.6 is 0 Å². The van der Waals surface area contributed by atoms with E-state index in [4.69, 9.17) is 4.74 Å². The monoisotopic (exact) mass is 221 g/mol. The van der Waals surface area contributed by atoms with Crippen LogP contribution in [0.1, 0.15) is 37.5 Å². The summed E-state index contributed by atoms with van der Waals surface area (Å²) in [5.41, 5.74) is 3.91. The van der Waals surface area contributed by atoms with Crippen molar-refractivity contribution in [3.05, 3.63) is 28.8 Å². The fourth-order valence-corrected chi connectivity index (χ4v) is 1.97. The minimum atomic E-state index is 0.111. The highest BCUT2D eigenvalue weighted by Crippen LogP contribution is 2.35. The predicted octanol–water partition coefficient (Wildman–Crippen LogP) is 3.02. The third kappa shape index (κ3) is 2.76. The van der Waals surface area contributed by atoms with E-state index in [9.17, 15) is 0 Å². The molecular weight excluding hydrogens is 198 g/mol. The van der Waals surface area contributed by atoms with Crippen LogP contribution in [0.5, 0.6) is 5.75 Å². The fourth-order valence-electron chi connectivity index (χ4n) is 1.97. The topological polar surface area (TPSA) is 21.3 Å². The second-order valence-corrected chi connectivity index (χ2v) is 5.29. The lowest BCUT2D eigenvalue weighted by atomic mass is 9.84. The van der Waals surface area contributed by atoms with Gasteiger partial charge in [-0.05, 0) is 19.4 Å². The van der Waals surface area contributed by atoms with Gasteiger partial charge >= 0.3 is 0 Å². The third-order valence-corrected chi connectivity index (χ3v) is 2.69. The van der Waals surface area contributed by atoms with Crippen LogP contribution in [0.4, 0.5) is 0 Å². The van der Waals surface area contributed by atoms with Crippen molar-refractivity contribution in [2.24, 2.45) is 0 Å². The van der Waals surface area contributed by atoms with Crippen LogP contribution in [-0.4, -0.2) is 14.2 Å². The Kier molecular flexibility index (Phi) is 3.98. The van der Waals surface area contributed by atoms with Crippen molar-refractivity contribution >= 4 is 0 Å². The van der Waals surface area contributed by atoms with E-state index in [0.717, 1.165) is 12.3 Å². The van der Waals surface area contributed by atoms with Gasteiger partial charge in [0.1, 0.15) is 5.75 Å². The molecule has 0 atom stereocenters. The summed E-state index contributed by atoms with van der Waals surface area (Å²) in [6.07, 6.45) is 0. The van der Waals surface area contributed by atoms with E-state index in [0.29, 0.717) is 0 Å². The second-order valence-electron chi connectivity index (χ2n) is 5.29. The number of ether oxygens (including phenoxy) is 1. The molecule has 0 heterocycles. The highest BCUT2D eigenvalue weighted by atomic mass is 16.5. The Hall–Kier alpha value is -1.02. The largest absolute Gasteiger partial charge is 0.496 e. The quantitative estimate of drug-likeness (QED) is 0.847. The van der Waals surface area contributed by atoms with Crippen LogP contribution in [0.15, 0.2) is 12.1 Å². The first-order chi connectivity index (χ1) is 7.40. The zero-order chi connectivity index (χ0) is 12.3. The van der Waals surface area contributed by atoms with Gasteiger partial charge in [0.25, 0.3) is 0 Å². The zero-order valence-electron chi connectivity index (χ0n) is 11.3. The first-order valence-electron chi connectivity index (χ1n) is 5.72. The molecule has 1 rings (SSSR count). The summed E-state index contributed by atoms with van der Waals surface area (Å²) in [7, 11) is 3.71. The summed E-state index contributed by atoms with van der Waals surface area (Å²) in [5, 5.41) is 3.18. The van der Waals surface area contributed by atoms with Crippen molar-refractivity contribution in [3.8, 4) is 5.75 Å². The summed E-state index contributed by atoms with van der Waals surface area (Å²) in [4.78, 5) is 0. The van der Waals surface area contributed by atoms with Crippen molar-refractivity contribution in [3.63, 3.8) is 0 Å². The van der Waals surface area contributed by atoms with Gasteiger partial charge in [0.2, 0.25) is 0 Å². The maximum atomic E-state index is 5.57. The van der Waals surface area contributed by atoms with Gasteiger partial charge in [-0.25, -0.2) is 0 Å². The van der Waals surface area contributed by atoms with Crippen molar-refractivity contribution in [1.82, 2.24) is 5.32 Å². The van der Waals surface area contributed by atoms with E-state index in [1.807, 2.05) is 7.05 Å². The standard InChI is InChI=1S/C14H23NO/c1-10-7-11(9-15-5)13(16-6)12(8-10)14(2,3)4/h7-8,15H,9H2,1-6H3. The average Bonchev–Trinajstić information content (AvgIpc) is 2.16. The highest BCUT2D eigenvalue weighted by molar-refractivity contribution is 5.47. The number of hydrogen-bond acceptors (Lipinski definition) is 2. The molecule has 0 unspecified atom stereocenters. The molecule has 0 aliphatic heterocycles. The summed E-state index contributed by atoms with van der Waals surface area (Å²) >= 11 is 0. The summed E-state index contributed by atoms with van der Waals surface area (Å²) < 4.78 is 5.57. The first kappa shape index (κ1) is 13.0. The Morgan fingerprint density at radius 3 is 2.31 bits per heavy atom. The molecule has 0 bridgehead atoms. The number of hydrogen-bond donors (Lipinski definition) is 1. The molecule has 90 valence electrons. The molecule has 0 spiro atoms. The Balaban J connectivity index is 3.36. The predicted molar refractivity (Wildman–Crippen MR) is 69.2 cm³/mol. The molecule has 0 saturated heterocycles. The van der Waals surface area contributed by atoms with E-state index in [-0.39, 0.29) is 5.41 Å². The minimum Gasteiger partial charge on any atom is -0.496 e. The van der Waals surface area contributed by atoms with Crippen molar-refractivity contribution in [1.29, 1.82) is 0 Å². The van der Waals surface area contributed by atoms with Crippen molar-refractivity contribution in [2.75, 3.05) is 14.2 Å². The van der Waals surface area contributed by atoms with Crippen LogP contribution in [0.2, 0.25) is 0 Å². The molecular formula is C14H23NO. The number of aryl methyl sites for hydroxylation is 1. The van der Waals surface area contributed by atoms with Gasteiger partial charge in [-0.3, -0.25) is 0 Å². The molecule has 2 heteroatoms. The van der Waals surface area contributed by atoms with E-state index < -0.39 is 0 Å². The SMILES string of the molecule is CNCc1cc(C)cc(C(C)(C)C)c1OC. The lowest BCUT2D eigenvalue weighted by Crippen LogP contribution is -2.16. The molecule has 0 aliphatic carbocycles.